The Bertz CT molecular complexity index is 251. The minimum atomic E-state index is -1.06. The van der Waals surface area contributed by atoms with Crippen LogP contribution in [0, 0.1) is 0 Å². The van der Waals surface area contributed by atoms with Gasteiger partial charge in [0.25, 0.3) is 0 Å². The quantitative estimate of drug-likeness (QED) is 0.808. The van der Waals surface area contributed by atoms with Crippen molar-refractivity contribution in [3.8, 4) is 0 Å². The van der Waals surface area contributed by atoms with Crippen LogP contribution in [-0.2, 0) is 0 Å². The molecule has 12 heavy (non-hydrogen) atoms. The Kier molecular flexibility index (Phi) is 3.58. The summed E-state index contributed by atoms with van der Waals surface area (Å²) in [5, 5.41) is 18.5. The van der Waals surface area contributed by atoms with Crippen molar-refractivity contribution in [3.63, 3.8) is 0 Å². The van der Waals surface area contributed by atoms with Gasteiger partial charge in [-0.15, -0.1) is 11.6 Å². The van der Waals surface area contributed by atoms with Crippen LogP contribution < -0.4 is 0 Å². The van der Waals surface area contributed by atoms with E-state index in [0.717, 1.165) is 0 Å². The second-order valence-electron chi connectivity index (χ2n) is 2.31. The van der Waals surface area contributed by atoms with Crippen molar-refractivity contribution in [2.75, 3.05) is 5.88 Å². The van der Waals surface area contributed by atoms with E-state index in [0.29, 0.717) is 10.4 Å². The zero-order valence-electron chi connectivity index (χ0n) is 6.08. The van der Waals surface area contributed by atoms with Gasteiger partial charge < -0.3 is 14.6 Å². The molecule has 0 radical (unpaired) electrons. The van der Waals surface area contributed by atoms with E-state index >= 15 is 0 Å². The molecular weight excluding hydrogens is 247 g/mol. The number of aliphatic hydroxyl groups excluding tert-OH is 2. The van der Waals surface area contributed by atoms with Gasteiger partial charge in [-0.2, -0.15) is 0 Å². The highest BCUT2D eigenvalue weighted by molar-refractivity contribution is 9.10. The van der Waals surface area contributed by atoms with Crippen molar-refractivity contribution in [3.05, 3.63) is 22.6 Å². The van der Waals surface area contributed by atoms with Crippen molar-refractivity contribution < 1.29 is 14.6 Å². The van der Waals surface area contributed by atoms with E-state index in [1.165, 1.54) is 0 Å². The number of hydrogen-bond donors (Lipinski definition) is 2. The molecule has 0 aliphatic heterocycles. The van der Waals surface area contributed by atoms with Gasteiger partial charge in [0.15, 0.2) is 4.67 Å². The van der Waals surface area contributed by atoms with E-state index in [4.69, 9.17) is 21.1 Å². The Morgan fingerprint density at radius 1 is 1.50 bits per heavy atom. The molecule has 3 nitrogen and oxygen atoms in total. The summed E-state index contributed by atoms with van der Waals surface area (Å²) in [4.78, 5) is 0. The summed E-state index contributed by atoms with van der Waals surface area (Å²) < 4.78 is 5.53. The Balaban J connectivity index is 2.70. The highest BCUT2D eigenvalue weighted by atomic mass is 79.9. The lowest BCUT2D eigenvalue weighted by atomic mass is 10.2. The predicted molar refractivity (Wildman–Crippen MR) is 48.1 cm³/mol. The molecule has 5 heteroatoms. The van der Waals surface area contributed by atoms with Gasteiger partial charge >= 0.3 is 0 Å². The zero-order valence-corrected chi connectivity index (χ0v) is 8.42. The molecule has 1 aromatic rings. The molecule has 0 bridgehead atoms. The summed E-state index contributed by atoms with van der Waals surface area (Å²) in [6.45, 7) is 0. The van der Waals surface area contributed by atoms with Crippen molar-refractivity contribution in [2.45, 2.75) is 12.2 Å². The average molecular weight is 255 g/mol. The van der Waals surface area contributed by atoms with Crippen LogP contribution in [0.1, 0.15) is 11.9 Å². The highest BCUT2D eigenvalue weighted by Crippen LogP contribution is 2.22. The van der Waals surface area contributed by atoms with Gasteiger partial charge in [0.05, 0.1) is 5.88 Å². The third kappa shape index (κ3) is 2.23. The van der Waals surface area contributed by atoms with Crippen LogP contribution >= 0.6 is 27.5 Å². The van der Waals surface area contributed by atoms with Gasteiger partial charge in [0.1, 0.15) is 18.0 Å². The maximum absolute atomic E-state index is 9.35. The summed E-state index contributed by atoms with van der Waals surface area (Å²) in [6.07, 6.45) is -2.06. The lowest BCUT2D eigenvalue weighted by molar-refractivity contribution is 0.0184. The number of alkyl halides is 1. The lowest BCUT2D eigenvalue weighted by Gasteiger charge is -2.11. The largest absolute Gasteiger partial charge is 0.451 e. The number of halogens is 2. The summed E-state index contributed by atoms with van der Waals surface area (Å²) in [6, 6.07) is 3.21. The monoisotopic (exact) mass is 254 g/mol. The maximum Gasteiger partial charge on any atom is 0.169 e. The molecule has 0 saturated heterocycles. The molecular formula is C7H8BrClO3. The van der Waals surface area contributed by atoms with Crippen LogP contribution in [0.15, 0.2) is 21.2 Å². The van der Waals surface area contributed by atoms with Gasteiger partial charge in [0, 0.05) is 0 Å². The van der Waals surface area contributed by atoms with Crippen molar-refractivity contribution >= 4 is 27.5 Å². The first-order chi connectivity index (χ1) is 5.65. The molecule has 0 aliphatic carbocycles. The molecule has 0 fully saturated rings. The second kappa shape index (κ2) is 4.28. The molecule has 2 N–H and O–H groups in total. The Morgan fingerprint density at radius 2 is 2.17 bits per heavy atom. The number of rotatable bonds is 3. The van der Waals surface area contributed by atoms with E-state index in [2.05, 4.69) is 15.9 Å². The summed E-state index contributed by atoms with van der Waals surface area (Å²) in [5.74, 6) is 0.273. The van der Waals surface area contributed by atoms with E-state index in [1.54, 1.807) is 12.1 Å². The topological polar surface area (TPSA) is 53.6 Å². The minimum absolute atomic E-state index is 0.0283. The number of aliphatic hydroxyl groups is 2. The average Bonchev–Trinajstić information content (AvgIpc) is 2.49. The van der Waals surface area contributed by atoms with Gasteiger partial charge in [-0.3, -0.25) is 0 Å². The summed E-state index contributed by atoms with van der Waals surface area (Å²) >= 11 is 8.42. The van der Waals surface area contributed by atoms with Crippen molar-refractivity contribution in [1.29, 1.82) is 0 Å². The van der Waals surface area contributed by atoms with Crippen molar-refractivity contribution in [2.24, 2.45) is 0 Å². The van der Waals surface area contributed by atoms with Gasteiger partial charge in [0.2, 0.25) is 0 Å². The fraction of sp³-hybridized carbons (Fsp3) is 0.429. The smallest absolute Gasteiger partial charge is 0.169 e. The third-order valence-electron chi connectivity index (χ3n) is 1.41. The van der Waals surface area contributed by atoms with E-state index < -0.39 is 12.2 Å². The predicted octanol–water partition coefficient (Wildman–Crippen LogP) is 1.68. The fourth-order valence-corrected chi connectivity index (χ4v) is 1.25. The Labute approximate surface area is 83.1 Å². The van der Waals surface area contributed by atoms with Gasteiger partial charge in [-0.25, -0.2) is 0 Å². The minimum Gasteiger partial charge on any atom is -0.451 e. The normalized spacial score (nSPS) is 16.0. The third-order valence-corrected chi connectivity index (χ3v) is 2.15. The SMILES string of the molecule is OC(CCl)C(O)c1ccc(Br)o1. The molecule has 2 unspecified atom stereocenters. The van der Waals surface area contributed by atoms with E-state index in [9.17, 15) is 5.11 Å². The Morgan fingerprint density at radius 3 is 2.58 bits per heavy atom. The molecule has 1 aromatic heterocycles. The first-order valence-corrected chi connectivity index (χ1v) is 4.65. The number of furan rings is 1. The van der Waals surface area contributed by atoms with Crippen LogP contribution in [0.25, 0.3) is 0 Å². The first kappa shape index (κ1) is 10.1. The van der Waals surface area contributed by atoms with Crippen LogP contribution in [-0.4, -0.2) is 22.2 Å². The molecule has 1 heterocycles. The van der Waals surface area contributed by atoms with Gasteiger partial charge in [-0.1, -0.05) is 0 Å². The van der Waals surface area contributed by atoms with Crippen LogP contribution in [0.2, 0.25) is 0 Å². The molecule has 1 rings (SSSR count). The lowest BCUT2D eigenvalue weighted by Crippen LogP contribution is -2.18. The molecule has 68 valence electrons. The Hall–Kier alpha value is -0.0300. The molecule has 0 aliphatic rings. The highest BCUT2D eigenvalue weighted by Gasteiger charge is 2.20. The molecule has 2 atom stereocenters. The zero-order chi connectivity index (χ0) is 9.14. The maximum atomic E-state index is 9.35. The first-order valence-electron chi connectivity index (χ1n) is 3.32. The molecule has 0 amide bonds. The van der Waals surface area contributed by atoms with Gasteiger partial charge in [-0.05, 0) is 28.1 Å². The van der Waals surface area contributed by atoms with E-state index in [-0.39, 0.29) is 5.88 Å². The van der Waals surface area contributed by atoms with Crippen LogP contribution in [0.5, 0.6) is 0 Å². The summed E-state index contributed by atoms with van der Waals surface area (Å²) in [7, 11) is 0. The molecule has 0 saturated carbocycles. The second-order valence-corrected chi connectivity index (χ2v) is 3.40. The molecule has 0 aromatic carbocycles. The van der Waals surface area contributed by atoms with Crippen LogP contribution in [0.4, 0.5) is 0 Å². The van der Waals surface area contributed by atoms with Crippen molar-refractivity contribution in [1.82, 2.24) is 0 Å². The van der Waals surface area contributed by atoms with E-state index in [1.807, 2.05) is 0 Å². The number of hydrogen-bond acceptors (Lipinski definition) is 3. The standard InChI is InChI=1S/C7H8BrClO3/c8-6-2-1-5(12-6)7(11)4(10)3-9/h1-2,4,7,10-11H,3H2. The fourth-order valence-electron chi connectivity index (χ4n) is 0.761. The summed E-state index contributed by atoms with van der Waals surface area (Å²) in [5.41, 5.74) is 0. The molecule has 0 spiro atoms. The van der Waals surface area contributed by atoms with Crippen LogP contribution in [0.3, 0.4) is 0 Å².